The molecule has 3 heterocycles. The Balaban J connectivity index is 1.53. The SMILES string of the molecule is Cc1cc(NCC2CCOc3ccccc32)nc(-c2cccnc2)n1. The highest BCUT2D eigenvalue weighted by molar-refractivity contribution is 5.56. The summed E-state index contributed by atoms with van der Waals surface area (Å²) in [5.74, 6) is 2.95. The van der Waals surface area contributed by atoms with Crippen LogP contribution in [0.3, 0.4) is 0 Å². The summed E-state index contributed by atoms with van der Waals surface area (Å²) in [6, 6.07) is 14.1. The summed E-state index contributed by atoms with van der Waals surface area (Å²) in [6.07, 6.45) is 4.54. The zero-order valence-electron chi connectivity index (χ0n) is 14.1. The predicted octanol–water partition coefficient (Wildman–Crippen LogP) is 3.83. The van der Waals surface area contributed by atoms with Gasteiger partial charge in [-0.2, -0.15) is 0 Å². The third-order valence-corrected chi connectivity index (χ3v) is 4.39. The number of ether oxygens (including phenoxy) is 1. The second-order valence-corrected chi connectivity index (χ2v) is 6.21. The number of rotatable bonds is 4. The fraction of sp³-hybridized carbons (Fsp3) is 0.250. The lowest BCUT2D eigenvalue weighted by atomic mass is 9.93. The number of nitrogens with one attached hydrogen (secondary N) is 1. The van der Waals surface area contributed by atoms with Crippen molar-refractivity contribution < 1.29 is 4.74 Å². The molecule has 0 saturated carbocycles. The number of hydrogen-bond donors (Lipinski definition) is 1. The lowest BCUT2D eigenvalue weighted by Gasteiger charge is -2.26. The molecular formula is C20H20N4O. The van der Waals surface area contributed by atoms with Crippen molar-refractivity contribution in [3.63, 3.8) is 0 Å². The van der Waals surface area contributed by atoms with Gasteiger partial charge < -0.3 is 10.1 Å². The van der Waals surface area contributed by atoms with Gasteiger partial charge in [-0.15, -0.1) is 0 Å². The molecule has 3 aromatic rings. The first-order valence-corrected chi connectivity index (χ1v) is 8.51. The number of anilines is 1. The average molecular weight is 332 g/mol. The first-order chi connectivity index (χ1) is 12.3. The Hall–Kier alpha value is -2.95. The third kappa shape index (κ3) is 3.45. The molecule has 0 spiro atoms. The molecule has 1 aromatic carbocycles. The number of pyridine rings is 1. The molecule has 0 saturated heterocycles. The minimum absolute atomic E-state index is 0.419. The van der Waals surface area contributed by atoms with Crippen molar-refractivity contribution in [3.05, 3.63) is 66.1 Å². The van der Waals surface area contributed by atoms with Crippen molar-refractivity contribution in [1.29, 1.82) is 0 Å². The Kier molecular flexibility index (Phi) is 4.29. The molecule has 1 unspecified atom stereocenters. The van der Waals surface area contributed by atoms with Crippen LogP contribution in [-0.4, -0.2) is 28.1 Å². The molecule has 1 aliphatic heterocycles. The van der Waals surface area contributed by atoms with E-state index in [4.69, 9.17) is 4.74 Å². The Bertz CT molecular complexity index is 867. The zero-order chi connectivity index (χ0) is 17.1. The van der Waals surface area contributed by atoms with E-state index in [0.717, 1.165) is 42.4 Å². The minimum atomic E-state index is 0.419. The van der Waals surface area contributed by atoms with Gasteiger partial charge in [-0.25, -0.2) is 9.97 Å². The lowest BCUT2D eigenvalue weighted by Crippen LogP contribution is -2.21. The first kappa shape index (κ1) is 15.6. The second kappa shape index (κ2) is 6.89. The van der Waals surface area contributed by atoms with Gasteiger partial charge in [0.25, 0.3) is 0 Å². The van der Waals surface area contributed by atoms with Crippen LogP contribution in [0.4, 0.5) is 5.82 Å². The molecule has 0 amide bonds. The molecule has 0 bridgehead atoms. The molecule has 1 atom stereocenters. The fourth-order valence-corrected chi connectivity index (χ4v) is 3.14. The van der Waals surface area contributed by atoms with Crippen molar-refractivity contribution in [2.24, 2.45) is 0 Å². The lowest BCUT2D eigenvalue weighted by molar-refractivity contribution is 0.270. The Labute approximate surface area is 147 Å². The minimum Gasteiger partial charge on any atom is -0.493 e. The molecule has 1 N–H and O–H groups in total. The van der Waals surface area contributed by atoms with Crippen molar-refractivity contribution in [3.8, 4) is 17.1 Å². The molecule has 0 radical (unpaired) electrons. The van der Waals surface area contributed by atoms with Gasteiger partial charge in [0.05, 0.1) is 6.61 Å². The maximum Gasteiger partial charge on any atom is 0.163 e. The normalized spacial score (nSPS) is 16.0. The van der Waals surface area contributed by atoms with Gasteiger partial charge in [0.15, 0.2) is 5.82 Å². The number of nitrogens with zero attached hydrogens (tertiary/aromatic N) is 3. The largest absolute Gasteiger partial charge is 0.493 e. The monoisotopic (exact) mass is 332 g/mol. The van der Waals surface area contributed by atoms with E-state index in [2.05, 4.69) is 32.4 Å². The van der Waals surface area contributed by atoms with Crippen LogP contribution in [0.15, 0.2) is 54.9 Å². The van der Waals surface area contributed by atoms with E-state index in [1.807, 2.05) is 37.3 Å². The van der Waals surface area contributed by atoms with Crippen LogP contribution in [0, 0.1) is 6.92 Å². The van der Waals surface area contributed by atoms with Crippen LogP contribution in [0.2, 0.25) is 0 Å². The highest BCUT2D eigenvalue weighted by Gasteiger charge is 2.21. The van der Waals surface area contributed by atoms with Crippen molar-refractivity contribution in [2.45, 2.75) is 19.3 Å². The van der Waals surface area contributed by atoms with Gasteiger partial charge in [0, 0.05) is 42.2 Å². The quantitative estimate of drug-likeness (QED) is 0.787. The summed E-state index contributed by atoms with van der Waals surface area (Å²) in [5, 5.41) is 3.48. The molecule has 5 nitrogen and oxygen atoms in total. The maximum absolute atomic E-state index is 5.74. The summed E-state index contributed by atoms with van der Waals surface area (Å²) in [7, 11) is 0. The van der Waals surface area contributed by atoms with Crippen LogP contribution in [0.25, 0.3) is 11.4 Å². The molecule has 126 valence electrons. The number of hydrogen-bond acceptors (Lipinski definition) is 5. The predicted molar refractivity (Wildman–Crippen MR) is 97.8 cm³/mol. The highest BCUT2D eigenvalue weighted by atomic mass is 16.5. The maximum atomic E-state index is 5.74. The number of aryl methyl sites for hydroxylation is 1. The van der Waals surface area contributed by atoms with Crippen LogP contribution >= 0.6 is 0 Å². The van der Waals surface area contributed by atoms with Gasteiger partial charge in [-0.3, -0.25) is 4.98 Å². The smallest absolute Gasteiger partial charge is 0.163 e. The number of aromatic nitrogens is 3. The molecule has 1 aliphatic rings. The van der Waals surface area contributed by atoms with Crippen molar-refractivity contribution >= 4 is 5.82 Å². The first-order valence-electron chi connectivity index (χ1n) is 8.51. The molecular weight excluding hydrogens is 312 g/mol. The average Bonchev–Trinajstić information content (AvgIpc) is 2.66. The fourth-order valence-electron chi connectivity index (χ4n) is 3.14. The van der Waals surface area contributed by atoms with Gasteiger partial charge in [-0.05, 0) is 37.1 Å². The van der Waals surface area contributed by atoms with E-state index >= 15 is 0 Å². The van der Waals surface area contributed by atoms with Crippen molar-refractivity contribution in [1.82, 2.24) is 15.0 Å². The van der Waals surface area contributed by atoms with E-state index in [-0.39, 0.29) is 0 Å². The highest BCUT2D eigenvalue weighted by Crippen LogP contribution is 2.33. The standard InChI is InChI=1S/C20H20N4O/c1-14-11-19(24-20(23-14)16-5-4-9-21-12-16)22-13-15-8-10-25-18-7-3-2-6-17(15)18/h2-7,9,11-12,15H,8,10,13H2,1H3,(H,22,23,24). The summed E-state index contributed by atoms with van der Waals surface area (Å²) in [5.41, 5.74) is 3.12. The van der Waals surface area contributed by atoms with E-state index in [1.165, 1.54) is 5.56 Å². The van der Waals surface area contributed by atoms with Crippen LogP contribution in [-0.2, 0) is 0 Å². The summed E-state index contributed by atoms with van der Waals surface area (Å²) >= 11 is 0. The Morgan fingerprint density at radius 1 is 1.16 bits per heavy atom. The molecule has 2 aromatic heterocycles. The topological polar surface area (TPSA) is 59.9 Å². The number of para-hydroxylation sites is 1. The van der Waals surface area contributed by atoms with Gasteiger partial charge in [0.1, 0.15) is 11.6 Å². The summed E-state index contributed by atoms with van der Waals surface area (Å²) < 4.78 is 5.74. The van der Waals surface area contributed by atoms with E-state index in [1.54, 1.807) is 12.4 Å². The molecule has 5 heteroatoms. The van der Waals surface area contributed by atoms with Gasteiger partial charge in [-0.1, -0.05) is 18.2 Å². The Morgan fingerprint density at radius 3 is 2.96 bits per heavy atom. The molecule has 0 fully saturated rings. The van der Waals surface area contributed by atoms with Gasteiger partial charge in [0.2, 0.25) is 0 Å². The second-order valence-electron chi connectivity index (χ2n) is 6.21. The van der Waals surface area contributed by atoms with Gasteiger partial charge >= 0.3 is 0 Å². The third-order valence-electron chi connectivity index (χ3n) is 4.39. The van der Waals surface area contributed by atoms with E-state index in [9.17, 15) is 0 Å². The van der Waals surface area contributed by atoms with Crippen LogP contribution in [0.5, 0.6) is 5.75 Å². The summed E-state index contributed by atoms with van der Waals surface area (Å²) in [4.78, 5) is 13.3. The molecule has 25 heavy (non-hydrogen) atoms. The Morgan fingerprint density at radius 2 is 2.08 bits per heavy atom. The van der Waals surface area contributed by atoms with E-state index in [0.29, 0.717) is 11.7 Å². The zero-order valence-corrected chi connectivity index (χ0v) is 14.1. The summed E-state index contributed by atoms with van der Waals surface area (Å²) in [6.45, 7) is 3.56. The number of fused-ring (bicyclic) bond motifs is 1. The van der Waals surface area contributed by atoms with Crippen LogP contribution < -0.4 is 10.1 Å². The van der Waals surface area contributed by atoms with E-state index < -0.39 is 0 Å². The van der Waals surface area contributed by atoms with Crippen molar-refractivity contribution in [2.75, 3.05) is 18.5 Å². The molecule has 4 rings (SSSR count). The molecule has 0 aliphatic carbocycles. The van der Waals surface area contributed by atoms with Crippen LogP contribution in [0.1, 0.15) is 23.6 Å². The number of benzene rings is 1.